The van der Waals surface area contributed by atoms with Gasteiger partial charge < -0.3 is 25.1 Å². The zero-order valence-corrected chi connectivity index (χ0v) is 20.9. The van der Waals surface area contributed by atoms with E-state index in [0.29, 0.717) is 36.5 Å². The Kier molecular flexibility index (Phi) is 7.10. The minimum absolute atomic E-state index is 0.0371. The lowest BCUT2D eigenvalue weighted by atomic mass is 10.0. The summed E-state index contributed by atoms with van der Waals surface area (Å²) in [5.41, 5.74) is 3.64. The van der Waals surface area contributed by atoms with Gasteiger partial charge in [0.25, 0.3) is 0 Å². The van der Waals surface area contributed by atoms with Crippen molar-refractivity contribution in [1.82, 2.24) is 15.6 Å². The van der Waals surface area contributed by atoms with Gasteiger partial charge in [0.1, 0.15) is 22.8 Å². The van der Waals surface area contributed by atoms with Gasteiger partial charge in [-0.1, -0.05) is 12.1 Å². The van der Waals surface area contributed by atoms with E-state index in [4.69, 9.17) is 9.15 Å². The number of fused-ring (bicyclic) bond motifs is 2. The third-order valence-corrected chi connectivity index (χ3v) is 5.68. The van der Waals surface area contributed by atoms with Crippen LogP contribution in [-0.2, 0) is 33.8 Å². The molecule has 2 aromatic heterocycles. The van der Waals surface area contributed by atoms with Crippen molar-refractivity contribution in [1.29, 1.82) is 0 Å². The number of carbonyl (C=O) groups is 3. The number of alkyl carbamates (subject to hydrolysis) is 1. The van der Waals surface area contributed by atoms with Crippen LogP contribution in [0, 0.1) is 6.92 Å². The number of ether oxygens (including phenoxy) is 1. The maximum atomic E-state index is 12.4. The van der Waals surface area contributed by atoms with Gasteiger partial charge >= 0.3 is 6.09 Å². The second-order valence-corrected chi connectivity index (χ2v) is 9.67. The van der Waals surface area contributed by atoms with E-state index in [9.17, 15) is 14.4 Å². The van der Waals surface area contributed by atoms with Crippen LogP contribution in [-0.4, -0.2) is 28.5 Å². The highest BCUT2D eigenvalue weighted by atomic mass is 16.6. The van der Waals surface area contributed by atoms with Gasteiger partial charge in [0, 0.05) is 36.2 Å². The molecule has 0 saturated heterocycles. The summed E-state index contributed by atoms with van der Waals surface area (Å²) in [4.78, 5) is 40.2. The van der Waals surface area contributed by atoms with Crippen molar-refractivity contribution >= 4 is 40.8 Å². The molecule has 0 atom stereocenters. The number of carbonyl (C=O) groups excluding carboxylic acids is 3. The van der Waals surface area contributed by atoms with Crippen LogP contribution in [0.2, 0.25) is 0 Å². The maximum absolute atomic E-state index is 12.4. The van der Waals surface area contributed by atoms with E-state index in [1.54, 1.807) is 12.3 Å². The Bertz CT molecular complexity index is 1350. The fraction of sp³-hybridized carbons (Fsp3) is 0.333. The fourth-order valence-electron chi connectivity index (χ4n) is 4.00. The molecule has 3 amide bonds. The standard InChI is InChI=1S/C27H30N4O5/c1-16-21(35-20-7-5-6-19(24(16)20)14-30-26(34)36-27(2,3)4)15-28-22(32)10-8-17-12-18-9-11-23(33)31-25(18)29-13-17/h5-8,10,12-13H,9,11,14-15H2,1-4H3,(H,28,32)(H,30,34)(H,29,31,33)/b10-8+. The minimum Gasteiger partial charge on any atom is -0.459 e. The summed E-state index contributed by atoms with van der Waals surface area (Å²) in [6.45, 7) is 7.88. The molecular weight excluding hydrogens is 460 g/mol. The molecule has 0 spiro atoms. The number of hydrogen-bond acceptors (Lipinski definition) is 6. The van der Waals surface area contributed by atoms with Crippen LogP contribution in [0.1, 0.15) is 55.2 Å². The lowest BCUT2D eigenvalue weighted by Crippen LogP contribution is -2.32. The number of pyridine rings is 1. The van der Waals surface area contributed by atoms with Crippen molar-refractivity contribution in [2.75, 3.05) is 5.32 Å². The normalized spacial score (nSPS) is 13.4. The number of hydrogen-bond donors (Lipinski definition) is 3. The molecule has 1 aromatic carbocycles. The van der Waals surface area contributed by atoms with E-state index in [0.717, 1.165) is 27.6 Å². The first kappa shape index (κ1) is 25.0. The van der Waals surface area contributed by atoms with Crippen LogP contribution >= 0.6 is 0 Å². The Labute approximate surface area is 209 Å². The summed E-state index contributed by atoms with van der Waals surface area (Å²) in [6, 6.07) is 7.56. The van der Waals surface area contributed by atoms with Gasteiger partial charge in [-0.3, -0.25) is 9.59 Å². The number of rotatable bonds is 6. The monoisotopic (exact) mass is 490 g/mol. The molecule has 9 nitrogen and oxygen atoms in total. The maximum Gasteiger partial charge on any atom is 0.407 e. The quantitative estimate of drug-likeness (QED) is 0.441. The topological polar surface area (TPSA) is 123 Å². The first-order chi connectivity index (χ1) is 17.1. The molecule has 0 unspecified atom stereocenters. The van der Waals surface area contributed by atoms with Gasteiger partial charge in [0.2, 0.25) is 11.8 Å². The Balaban J connectivity index is 1.39. The third-order valence-electron chi connectivity index (χ3n) is 5.68. The second kappa shape index (κ2) is 10.2. The summed E-state index contributed by atoms with van der Waals surface area (Å²) >= 11 is 0. The highest BCUT2D eigenvalue weighted by molar-refractivity contribution is 5.94. The van der Waals surface area contributed by atoms with E-state index in [2.05, 4.69) is 20.9 Å². The van der Waals surface area contributed by atoms with Crippen molar-refractivity contribution in [2.45, 2.75) is 59.2 Å². The zero-order chi connectivity index (χ0) is 25.9. The van der Waals surface area contributed by atoms with E-state index in [1.807, 2.05) is 52.0 Å². The van der Waals surface area contributed by atoms with E-state index in [-0.39, 0.29) is 18.4 Å². The van der Waals surface area contributed by atoms with Gasteiger partial charge in [-0.15, -0.1) is 0 Å². The predicted molar refractivity (Wildman–Crippen MR) is 136 cm³/mol. The number of amides is 3. The number of nitrogens with one attached hydrogen (secondary N) is 3. The Morgan fingerprint density at radius 3 is 2.78 bits per heavy atom. The van der Waals surface area contributed by atoms with Crippen molar-refractivity contribution in [2.24, 2.45) is 0 Å². The molecule has 3 aromatic rings. The molecule has 0 aliphatic carbocycles. The zero-order valence-electron chi connectivity index (χ0n) is 20.9. The van der Waals surface area contributed by atoms with E-state index < -0.39 is 11.7 Å². The van der Waals surface area contributed by atoms with Crippen LogP contribution in [0.5, 0.6) is 0 Å². The van der Waals surface area contributed by atoms with Crippen molar-refractivity contribution in [3.63, 3.8) is 0 Å². The summed E-state index contributed by atoms with van der Waals surface area (Å²) in [7, 11) is 0. The smallest absolute Gasteiger partial charge is 0.407 e. The molecule has 1 aliphatic rings. The lowest BCUT2D eigenvalue weighted by molar-refractivity contribution is -0.117. The molecular formula is C27H30N4O5. The summed E-state index contributed by atoms with van der Waals surface area (Å²) in [5.74, 6) is 0.911. The molecule has 0 radical (unpaired) electrons. The molecule has 9 heteroatoms. The molecule has 3 heterocycles. The van der Waals surface area contributed by atoms with Gasteiger partial charge in [-0.25, -0.2) is 9.78 Å². The summed E-state index contributed by atoms with van der Waals surface area (Å²) in [6.07, 6.45) is 5.31. The summed E-state index contributed by atoms with van der Waals surface area (Å²) in [5, 5.41) is 9.27. The minimum atomic E-state index is -0.574. The third kappa shape index (κ3) is 6.10. The number of aryl methyl sites for hydroxylation is 2. The fourth-order valence-corrected chi connectivity index (χ4v) is 4.00. The average Bonchev–Trinajstić information content (AvgIpc) is 3.15. The molecule has 36 heavy (non-hydrogen) atoms. The second-order valence-electron chi connectivity index (χ2n) is 9.67. The number of furan rings is 1. The number of nitrogens with zero attached hydrogens (tertiary/aromatic N) is 1. The molecule has 0 fully saturated rings. The Morgan fingerprint density at radius 2 is 2.00 bits per heavy atom. The average molecular weight is 491 g/mol. The largest absolute Gasteiger partial charge is 0.459 e. The van der Waals surface area contributed by atoms with Crippen molar-refractivity contribution < 1.29 is 23.5 Å². The Hall–Kier alpha value is -4.14. The Morgan fingerprint density at radius 1 is 1.19 bits per heavy atom. The van der Waals surface area contributed by atoms with Gasteiger partial charge in [-0.05, 0) is 69.0 Å². The van der Waals surface area contributed by atoms with Crippen LogP contribution < -0.4 is 16.0 Å². The molecule has 188 valence electrons. The SMILES string of the molecule is Cc1c(CNC(=O)/C=C/c2cnc3c(c2)CCC(=O)N3)oc2cccc(CNC(=O)OC(C)(C)C)c12. The summed E-state index contributed by atoms with van der Waals surface area (Å²) < 4.78 is 11.3. The highest BCUT2D eigenvalue weighted by Crippen LogP contribution is 2.28. The molecule has 1 aliphatic heterocycles. The highest BCUT2D eigenvalue weighted by Gasteiger charge is 2.18. The number of aromatic nitrogens is 1. The van der Waals surface area contributed by atoms with Crippen LogP contribution in [0.15, 0.2) is 41.0 Å². The predicted octanol–water partition coefficient (Wildman–Crippen LogP) is 4.38. The van der Waals surface area contributed by atoms with Gasteiger partial charge in [0.15, 0.2) is 0 Å². The first-order valence-electron chi connectivity index (χ1n) is 11.8. The molecule has 0 saturated carbocycles. The number of benzene rings is 1. The van der Waals surface area contributed by atoms with Crippen molar-refractivity contribution in [3.8, 4) is 0 Å². The molecule has 0 bridgehead atoms. The van der Waals surface area contributed by atoms with Crippen molar-refractivity contribution in [3.05, 3.63) is 64.6 Å². The van der Waals surface area contributed by atoms with Crippen LogP contribution in [0.4, 0.5) is 10.6 Å². The first-order valence-corrected chi connectivity index (χ1v) is 11.8. The van der Waals surface area contributed by atoms with Gasteiger partial charge in [0.05, 0.1) is 6.54 Å². The van der Waals surface area contributed by atoms with Crippen LogP contribution in [0.3, 0.4) is 0 Å². The lowest BCUT2D eigenvalue weighted by Gasteiger charge is -2.19. The van der Waals surface area contributed by atoms with E-state index >= 15 is 0 Å². The van der Waals surface area contributed by atoms with E-state index in [1.165, 1.54) is 6.08 Å². The number of anilines is 1. The van der Waals surface area contributed by atoms with Crippen LogP contribution in [0.25, 0.3) is 17.0 Å². The van der Waals surface area contributed by atoms with Gasteiger partial charge in [-0.2, -0.15) is 0 Å². The molecule has 4 rings (SSSR count). The molecule has 3 N–H and O–H groups in total.